The molecule has 5 heteroatoms. The van der Waals surface area contributed by atoms with E-state index in [1.165, 1.54) is 11.3 Å². The molecule has 0 saturated heterocycles. The van der Waals surface area contributed by atoms with Crippen molar-refractivity contribution in [1.82, 2.24) is 9.97 Å². The first-order valence-corrected chi connectivity index (χ1v) is 7.60. The fraction of sp³-hybridized carbons (Fsp3) is 0.571. The molecule has 3 rings (SSSR count). The van der Waals surface area contributed by atoms with Crippen molar-refractivity contribution in [2.75, 3.05) is 17.2 Å². The summed E-state index contributed by atoms with van der Waals surface area (Å²) < 4.78 is 0. The number of aryl methyl sites for hydroxylation is 1. The Morgan fingerprint density at radius 3 is 2.79 bits per heavy atom. The number of anilines is 2. The van der Waals surface area contributed by atoms with Crippen molar-refractivity contribution < 1.29 is 0 Å². The second kappa shape index (κ2) is 4.34. The molecule has 4 nitrogen and oxygen atoms in total. The van der Waals surface area contributed by atoms with Gasteiger partial charge in [-0.1, -0.05) is 13.8 Å². The molecular weight excluding hydrogens is 256 g/mol. The first-order chi connectivity index (χ1) is 8.99. The quantitative estimate of drug-likeness (QED) is 0.895. The van der Waals surface area contributed by atoms with Gasteiger partial charge in [-0.25, -0.2) is 4.98 Å². The summed E-state index contributed by atoms with van der Waals surface area (Å²) >= 11 is 1.72. The van der Waals surface area contributed by atoms with Gasteiger partial charge in [0, 0.05) is 17.5 Å². The van der Waals surface area contributed by atoms with Crippen molar-refractivity contribution in [1.29, 1.82) is 0 Å². The number of aromatic nitrogens is 2. The van der Waals surface area contributed by atoms with Crippen LogP contribution in [0.15, 0.2) is 6.07 Å². The third kappa shape index (κ3) is 2.39. The van der Waals surface area contributed by atoms with Gasteiger partial charge in [-0.15, -0.1) is 11.3 Å². The summed E-state index contributed by atoms with van der Waals surface area (Å²) in [5.74, 6) is 1.69. The minimum atomic E-state index is 0.390. The number of fused-ring (bicyclic) bond motifs is 1. The molecule has 1 unspecified atom stereocenters. The maximum Gasteiger partial charge on any atom is 0.226 e. The highest BCUT2D eigenvalue weighted by Gasteiger charge is 2.46. The van der Waals surface area contributed by atoms with Gasteiger partial charge in [0.25, 0.3) is 0 Å². The van der Waals surface area contributed by atoms with Gasteiger partial charge in [0.15, 0.2) is 0 Å². The number of hydrogen-bond donors (Lipinski definition) is 2. The molecule has 1 aliphatic carbocycles. The van der Waals surface area contributed by atoms with Gasteiger partial charge in [0.1, 0.15) is 10.6 Å². The van der Waals surface area contributed by atoms with E-state index in [2.05, 4.69) is 54.4 Å². The van der Waals surface area contributed by atoms with Crippen LogP contribution in [0.25, 0.3) is 10.2 Å². The minimum Gasteiger partial charge on any atom is -0.366 e. The zero-order valence-electron chi connectivity index (χ0n) is 11.9. The summed E-state index contributed by atoms with van der Waals surface area (Å²) in [6, 6.07) is 2.70. The summed E-state index contributed by atoms with van der Waals surface area (Å²) in [5.41, 5.74) is 0.390. The molecule has 2 aromatic rings. The lowest BCUT2D eigenvalue weighted by atomic mass is 10.2. The van der Waals surface area contributed by atoms with Crippen LogP contribution in [0, 0.1) is 12.3 Å². The van der Waals surface area contributed by atoms with Crippen LogP contribution >= 0.6 is 11.3 Å². The molecule has 0 amide bonds. The summed E-state index contributed by atoms with van der Waals surface area (Å²) in [6.07, 6.45) is 1.21. The average Bonchev–Trinajstić information content (AvgIpc) is 2.74. The lowest BCUT2D eigenvalue weighted by Crippen LogP contribution is -2.11. The highest BCUT2D eigenvalue weighted by atomic mass is 32.1. The van der Waals surface area contributed by atoms with Gasteiger partial charge in [0.05, 0.1) is 5.39 Å². The molecule has 0 radical (unpaired) electrons. The fourth-order valence-corrected chi connectivity index (χ4v) is 3.15. The van der Waals surface area contributed by atoms with Gasteiger partial charge in [0.2, 0.25) is 5.95 Å². The van der Waals surface area contributed by atoms with Gasteiger partial charge >= 0.3 is 0 Å². The van der Waals surface area contributed by atoms with Crippen LogP contribution in [0.5, 0.6) is 0 Å². The predicted molar refractivity (Wildman–Crippen MR) is 82.1 cm³/mol. The monoisotopic (exact) mass is 276 g/mol. The molecule has 1 fully saturated rings. The van der Waals surface area contributed by atoms with Crippen LogP contribution in [-0.2, 0) is 0 Å². The van der Waals surface area contributed by atoms with E-state index in [9.17, 15) is 0 Å². The summed E-state index contributed by atoms with van der Waals surface area (Å²) in [4.78, 5) is 11.5. The molecule has 1 atom stereocenters. The van der Waals surface area contributed by atoms with E-state index < -0.39 is 0 Å². The molecule has 0 aliphatic heterocycles. The number of nitrogens with zero attached hydrogens (tertiary/aromatic N) is 2. The Bertz CT molecular complexity index is 617. The van der Waals surface area contributed by atoms with E-state index in [1.807, 2.05) is 0 Å². The molecule has 2 heterocycles. The van der Waals surface area contributed by atoms with Crippen LogP contribution in [0.4, 0.5) is 11.8 Å². The number of hydrogen-bond acceptors (Lipinski definition) is 5. The second-order valence-corrected chi connectivity index (χ2v) is 7.13. The van der Waals surface area contributed by atoms with Gasteiger partial charge < -0.3 is 10.6 Å². The van der Waals surface area contributed by atoms with Crippen molar-refractivity contribution in [3.8, 4) is 0 Å². The van der Waals surface area contributed by atoms with Crippen molar-refractivity contribution in [3.05, 3.63) is 10.9 Å². The van der Waals surface area contributed by atoms with E-state index in [1.54, 1.807) is 11.3 Å². The SMILES string of the molecule is CCNc1nc(NC2CC2(C)C)c2cc(C)sc2n1. The zero-order chi connectivity index (χ0) is 13.6. The van der Waals surface area contributed by atoms with Crippen molar-refractivity contribution in [2.45, 2.75) is 40.2 Å². The van der Waals surface area contributed by atoms with Crippen LogP contribution in [0.2, 0.25) is 0 Å². The van der Waals surface area contributed by atoms with Gasteiger partial charge in [-0.05, 0) is 31.7 Å². The standard InChI is InChI=1S/C14H20N4S/c1-5-15-13-17-11(16-10-7-14(10,3)4)9-6-8(2)19-12(9)18-13/h6,10H,5,7H2,1-4H3,(H2,15,16,17,18). The third-order valence-electron chi connectivity index (χ3n) is 3.68. The van der Waals surface area contributed by atoms with E-state index in [4.69, 9.17) is 0 Å². The van der Waals surface area contributed by atoms with Crippen LogP contribution in [-0.4, -0.2) is 22.6 Å². The fourth-order valence-electron chi connectivity index (χ4n) is 2.27. The Morgan fingerprint density at radius 1 is 1.42 bits per heavy atom. The largest absolute Gasteiger partial charge is 0.366 e. The highest BCUT2D eigenvalue weighted by Crippen LogP contribution is 2.47. The van der Waals surface area contributed by atoms with E-state index >= 15 is 0 Å². The summed E-state index contributed by atoms with van der Waals surface area (Å²) in [6.45, 7) is 9.58. The van der Waals surface area contributed by atoms with Crippen LogP contribution in [0.3, 0.4) is 0 Å². The maximum absolute atomic E-state index is 4.62. The molecule has 0 bridgehead atoms. The first-order valence-electron chi connectivity index (χ1n) is 6.78. The molecule has 19 heavy (non-hydrogen) atoms. The lowest BCUT2D eigenvalue weighted by molar-refractivity contribution is 0.630. The van der Waals surface area contributed by atoms with Gasteiger partial charge in [-0.2, -0.15) is 4.98 Å². The molecule has 2 aromatic heterocycles. The molecule has 2 N–H and O–H groups in total. The molecule has 0 aromatic carbocycles. The average molecular weight is 276 g/mol. The molecular formula is C14H20N4S. The Morgan fingerprint density at radius 2 is 2.16 bits per heavy atom. The topological polar surface area (TPSA) is 49.8 Å². The van der Waals surface area contributed by atoms with Gasteiger partial charge in [-0.3, -0.25) is 0 Å². The normalized spacial score (nSPS) is 20.5. The van der Waals surface area contributed by atoms with Crippen LogP contribution < -0.4 is 10.6 Å². The molecule has 0 spiro atoms. The van der Waals surface area contributed by atoms with E-state index in [0.717, 1.165) is 28.5 Å². The number of thiophene rings is 1. The Balaban J connectivity index is 1.99. The Labute approximate surface area is 117 Å². The predicted octanol–water partition coefficient (Wildman–Crippen LogP) is 3.64. The van der Waals surface area contributed by atoms with Crippen molar-refractivity contribution in [2.24, 2.45) is 5.41 Å². The van der Waals surface area contributed by atoms with Crippen molar-refractivity contribution >= 4 is 33.3 Å². The van der Waals surface area contributed by atoms with E-state index in [-0.39, 0.29) is 0 Å². The Kier molecular flexibility index (Phi) is 2.89. The van der Waals surface area contributed by atoms with Crippen molar-refractivity contribution in [3.63, 3.8) is 0 Å². The number of rotatable bonds is 4. The maximum atomic E-state index is 4.62. The zero-order valence-corrected chi connectivity index (χ0v) is 12.7. The third-order valence-corrected chi connectivity index (χ3v) is 4.62. The first kappa shape index (κ1) is 12.7. The molecule has 1 aliphatic rings. The smallest absolute Gasteiger partial charge is 0.226 e. The number of nitrogens with one attached hydrogen (secondary N) is 2. The summed E-state index contributed by atoms with van der Waals surface area (Å²) in [5, 5.41) is 7.93. The van der Waals surface area contributed by atoms with Crippen LogP contribution in [0.1, 0.15) is 32.1 Å². The second-order valence-electron chi connectivity index (χ2n) is 5.89. The lowest BCUT2D eigenvalue weighted by Gasteiger charge is -2.10. The minimum absolute atomic E-state index is 0.390. The highest BCUT2D eigenvalue weighted by molar-refractivity contribution is 7.18. The van der Waals surface area contributed by atoms with E-state index in [0.29, 0.717) is 11.5 Å². The molecule has 1 saturated carbocycles. The Hall–Kier alpha value is -1.36. The summed E-state index contributed by atoms with van der Waals surface area (Å²) in [7, 11) is 0. The molecule has 102 valence electrons.